The van der Waals surface area contributed by atoms with Crippen molar-refractivity contribution in [1.29, 1.82) is 0 Å². The predicted molar refractivity (Wildman–Crippen MR) is 106 cm³/mol. The molecule has 0 aliphatic rings. The summed E-state index contributed by atoms with van der Waals surface area (Å²) in [5, 5.41) is 2.63. The maximum atomic E-state index is 12.1. The second kappa shape index (κ2) is 9.78. The van der Waals surface area contributed by atoms with E-state index >= 15 is 0 Å². The van der Waals surface area contributed by atoms with Crippen molar-refractivity contribution in [3.05, 3.63) is 65.2 Å². The molecule has 0 aliphatic carbocycles. The summed E-state index contributed by atoms with van der Waals surface area (Å²) in [6.45, 7) is 3.53. The number of carbonyl (C=O) groups excluding carboxylic acids is 3. The molecule has 3 N–H and O–H groups in total. The Hall–Kier alpha value is -2.80. The van der Waals surface area contributed by atoms with Crippen molar-refractivity contribution in [2.45, 2.75) is 25.7 Å². The highest BCUT2D eigenvalue weighted by Crippen LogP contribution is 2.14. The Kier molecular flexibility index (Phi) is 7.43. The van der Waals surface area contributed by atoms with E-state index in [-0.39, 0.29) is 5.75 Å². The highest BCUT2D eigenvalue weighted by Gasteiger charge is 2.18. The number of hydrogen-bond donors (Lipinski definition) is 2. The fourth-order valence-electron chi connectivity index (χ4n) is 2.18. The number of thioether (sulfide) groups is 1. The van der Waals surface area contributed by atoms with Crippen LogP contribution >= 0.6 is 11.8 Å². The number of ether oxygens (including phenoxy) is 1. The molecule has 0 fully saturated rings. The summed E-state index contributed by atoms with van der Waals surface area (Å²) in [5.41, 5.74) is 8.31. The normalized spacial score (nSPS) is 11.5. The van der Waals surface area contributed by atoms with Gasteiger partial charge in [-0.25, -0.2) is 0 Å². The minimum absolute atomic E-state index is 0.165. The molecular formula is C20H22N2O4S. The number of rotatable bonds is 8. The predicted octanol–water partition coefficient (Wildman–Crippen LogP) is 2.90. The molecule has 2 aromatic carbocycles. The van der Waals surface area contributed by atoms with Crippen LogP contribution in [0.2, 0.25) is 0 Å². The molecule has 0 unspecified atom stereocenters. The minimum atomic E-state index is -0.923. The fraction of sp³-hybridized carbons (Fsp3) is 0.250. The lowest BCUT2D eigenvalue weighted by atomic mass is 10.2. The first-order valence-corrected chi connectivity index (χ1v) is 9.54. The van der Waals surface area contributed by atoms with Crippen molar-refractivity contribution in [1.82, 2.24) is 0 Å². The Morgan fingerprint density at radius 1 is 1.07 bits per heavy atom. The summed E-state index contributed by atoms with van der Waals surface area (Å²) in [6.07, 6.45) is -0.923. The van der Waals surface area contributed by atoms with Gasteiger partial charge in [0, 0.05) is 17.0 Å². The summed E-state index contributed by atoms with van der Waals surface area (Å²) in [7, 11) is 0. The van der Waals surface area contributed by atoms with Crippen molar-refractivity contribution in [2.75, 3.05) is 11.1 Å². The molecule has 0 spiro atoms. The number of nitrogens with two attached hydrogens (primary N) is 1. The van der Waals surface area contributed by atoms with E-state index in [0.29, 0.717) is 17.0 Å². The SMILES string of the molecule is Cc1ccc(CSCC(=O)O[C@H](C)C(=O)Nc2ccc(C(N)=O)cc2)cc1. The second-order valence-corrected chi connectivity index (χ2v) is 7.03. The Labute approximate surface area is 162 Å². The molecule has 0 aliphatic heterocycles. The lowest BCUT2D eigenvalue weighted by Crippen LogP contribution is -2.30. The molecule has 0 radical (unpaired) electrons. The first kappa shape index (κ1) is 20.5. The van der Waals surface area contributed by atoms with E-state index in [9.17, 15) is 14.4 Å². The third-order valence-corrected chi connectivity index (χ3v) is 4.70. The first-order valence-electron chi connectivity index (χ1n) is 8.38. The minimum Gasteiger partial charge on any atom is -0.452 e. The molecule has 0 bridgehead atoms. The van der Waals surface area contributed by atoms with Crippen LogP contribution in [-0.2, 0) is 20.1 Å². The zero-order valence-electron chi connectivity index (χ0n) is 15.2. The van der Waals surface area contributed by atoms with Crippen molar-refractivity contribution < 1.29 is 19.1 Å². The highest BCUT2D eigenvalue weighted by molar-refractivity contribution is 7.99. The zero-order chi connectivity index (χ0) is 19.8. The molecule has 0 saturated carbocycles. The molecule has 1 atom stereocenters. The number of carbonyl (C=O) groups is 3. The van der Waals surface area contributed by atoms with Gasteiger partial charge >= 0.3 is 5.97 Å². The van der Waals surface area contributed by atoms with Crippen molar-refractivity contribution in [3.8, 4) is 0 Å². The maximum Gasteiger partial charge on any atom is 0.316 e. The van der Waals surface area contributed by atoms with Gasteiger partial charge in [0.05, 0.1) is 5.75 Å². The Balaban J connectivity index is 1.75. The molecule has 2 amide bonds. The average molecular weight is 386 g/mol. The summed E-state index contributed by atoms with van der Waals surface area (Å²) < 4.78 is 5.16. The molecule has 6 nitrogen and oxygen atoms in total. The van der Waals surface area contributed by atoms with Gasteiger partial charge in [-0.1, -0.05) is 29.8 Å². The third-order valence-electron chi connectivity index (χ3n) is 3.72. The van der Waals surface area contributed by atoms with Gasteiger partial charge in [0.15, 0.2) is 6.10 Å². The summed E-state index contributed by atoms with van der Waals surface area (Å²) in [6, 6.07) is 14.2. The van der Waals surface area contributed by atoms with Gasteiger partial charge in [-0.15, -0.1) is 11.8 Å². The molecule has 0 aromatic heterocycles. The number of primary amides is 1. The Morgan fingerprint density at radius 2 is 1.70 bits per heavy atom. The summed E-state index contributed by atoms with van der Waals surface area (Å²) in [4.78, 5) is 35.0. The fourth-order valence-corrected chi connectivity index (χ4v) is 2.95. The number of esters is 1. The van der Waals surface area contributed by atoms with E-state index in [0.717, 1.165) is 5.56 Å². The maximum absolute atomic E-state index is 12.1. The van der Waals surface area contributed by atoms with E-state index in [4.69, 9.17) is 10.5 Å². The lowest BCUT2D eigenvalue weighted by Gasteiger charge is -2.13. The second-order valence-electron chi connectivity index (χ2n) is 6.04. The highest BCUT2D eigenvalue weighted by atomic mass is 32.2. The topological polar surface area (TPSA) is 98.5 Å². The van der Waals surface area contributed by atoms with Crippen LogP contribution in [0.15, 0.2) is 48.5 Å². The number of hydrogen-bond acceptors (Lipinski definition) is 5. The monoisotopic (exact) mass is 386 g/mol. The van der Waals surface area contributed by atoms with Crippen molar-refractivity contribution in [3.63, 3.8) is 0 Å². The van der Waals surface area contributed by atoms with E-state index in [1.807, 2.05) is 31.2 Å². The largest absolute Gasteiger partial charge is 0.452 e. The molecular weight excluding hydrogens is 364 g/mol. The van der Waals surface area contributed by atoms with Gasteiger partial charge < -0.3 is 15.8 Å². The standard InChI is InChI=1S/C20H22N2O4S/c1-13-3-5-15(6-4-13)11-27-12-18(23)26-14(2)20(25)22-17-9-7-16(8-10-17)19(21)24/h3-10,14H,11-12H2,1-2H3,(H2,21,24)(H,22,25)/t14-/m1/s1. The quantitative estimate of drug-likeness (QED) is 0.680. The van der Waals surface area contributed by atoms with Gasteiger partial charge in [0.25, 0.3) is 5.91 Å². The van der Waals surface area contributed by atoms with Crippen LogP contribution in [0.25, 0.3) is 0 Å². The van der Waals surface area contributed by atoms with Crippen LogP contribution in [0.1, 0.15) is 28.4 Å². The molecule has 27 heavy (non-hydrogen) atoms. The Morgan fingerprint density at radius 3 is 2.30 bits per heavy atom. The molecule has 0 saturated heterocycles. The van der Waals surface area contributed by atoms with Gasteiger partial charge in [-0.2, -0.15) is 0 Å². The van der Waals surface area contributed by atoms with Crippen molar-refractivity contribution >= 4 is 35.2 Å². The number of amides is 2. The van der Waals surface area contributed by atoms with Gasteiger partial charge in [0.1, 0.15) is 0 Å². The van der Waals surface area contributed by atoms with Crippen LogP contribution in [0, 0.1) is 6.92 Å². The number of anilines is 1. The summed E-state index contributed by atoms with van der Waals surface area (Å²) >= 11 is 1.43. The average Bonchev–Trinajstić information content (AvgIpc) is 2.63. The third kappa shape index (κ3) is 6.79. The first-order chi connectivity index (χ1) is 12.8. The van der Waals surface area contributed by atoms with E-state index < -0.39 is 23.9 Å². The van der Waals surface area contributed by atoms with E-state index in [1.165, 1.54) is 36.4 Å². The number of benzene rings is 2. The summed E-state index contributed by atoms with van der Waals surface area (Å²) in [5.74, 6) is -0.572. The smallest absolute Gasteiger partial charge is 0.316 e. The zero-order valence-corrected chi connectivity index (χ0v) is 16.0. The van der Waals surface area contributed by atoms with Gasteiger partial charge in [-0.3, -0.25) is 14.4 Å². The van der Waals surface area contributed by atoms with Gasteiger partial charge in [0.2, 0.25) is 5.91 Å². The van der Waals surface area contributed by atoms with Crippen LogP contribution < -0.4 is 11.1 Å². The van der Waals surface area contributed by atoms with E-state index in [2.05, 4.69) is 5.32 Å². The molecule has 2 aromatic rings. The Bertz CT molecular complexity index is 804. The van der Waals surface area contributed by atoms with Crippen LogP contribution in [0.3, 0.4) is 0 Å². The number of aryl methyl sites for hydroxylation is 1. The molecule has 7 heteroatoms. The van der Waals surface area contributed by atoms with Crippen LogP contribution in [-0.4, -0.2) is 29.6 Å². The van der Waals surface area contributed by atoms with Crippen molar-refractivity contribution in [2.24, 2.45) is 5.73 Å². The lowest BCUT2D eigenvalue weighted by molar-refractivity contribution is -0.150. The number of nitrogens with one attached hydrogen (secondary N) is 1. The van der Waals surface area contributed by atoms with Crippen LogP contribution in [0.4, 0.5) is 5.69 Å². The molecule has 142 valence electrons. The van der Waals surface area contributed by atoms with Gasteiger partial charge in [-0.05, 0) is 43.7 Å². The molecule has 0 heterocycles. The molecule has 2 rings (SSSR count). The van der Waals surface area contributed by atoms with Crippen LogP contribution in [0.5, 0.6) is 0 Å². The van der Waals surface area contributed by atoms with E-state index in [1.54, 1.807) is 12.1 Å².